The fraction of sp³-hybridized carbons (Fsp3) is 0.615. The Morgan fingerprint density at radius 2 is 2.24 bits per heavy atom. The van der Waals surface area contributed by atoms with E-state index in [4.69, 9.17) is 0 Å². The van der Waals surface area contributed by atoms with Gasteiger partial charge in [0.15, 0.2) is 0 Å². The molecule has 0 spiro atoms. The lowest BCUT2D eigenvalue weighted by Gasteiger charge is -2.39. The summed E-state index contributed by atoms with van der Waals surface area (Å²) in [6.45, 7) is 7.72. The van der Waals surface area contributed by atoms with Crippen LogP contribution in [0.25, 0.3) is 0 Å². The molecule has 0 saturated carbocycles. The fourth-order valence-corrected chi connectivity index (χ4v) is 2.76. The zero-order valence-corrected chi connectivity index (χ0v) is 12.4. The highest BCUT2D eigenvalue weighted by Crippen LogP contribution is 2.23. The Morgan fingerprint density at radius 1 is 1.47 bits per heavy atom. The summed E-state index contributed by atoms with van der Waals surface area (Å²) in [6, 6.07) is 2.76. The van der Waals surface area contributed by atoms with Gasteiger partial charge in [-0.1, -0.05) is 22.0 Å². The number of aromatic nitrogens is 1. The number of hydrogen-bond acceptors (Lipinski definition) is 3. The zero-order chi connectivity index (χ0) is 12.4. The molecule has 1 atom stereocenters. The second-order valence-electron chi connectivity index (χ2n) is 4.92. The van der Waals surface area contributed by atoms with Crippen LogP contribution in [-0.2, 0) is 5.33 Å². The molecular weight excluding hydrogens is 278 g/mol. The number of alkyl halides is 1. The van der Waals surface area contributed by atoms with E-state index in [-0.39, 0.29) is 0 Å². The lowest BCUT2D eigenvalue weighted by Crippen LogP contribution is -2.51. The Labute approximate surface area is 112 Å². The highest BCUT2D eigenvalue weighted by atomic mass is 79.9. The topological polar surface area (TPSA) is 19.4 Å². The SMILES string of the molecule is Cc1cc(CBr)cnc1N1CCN(C)CC1C. The largest absolute Gasteiger partial charge is 0.351 e. The van der Waals surface area contributed by atoms with E-state index in [1.807, 2.05) is 6.20 Å². The van der Waals surface area contributed by atoms with Crippen LogP contribution in [0.4, 0.5) is 5.82 Å². The Kier molecular flexibility index (Phi) is 4.05. The minimum Gasteiger partial charge on any atom is -0.351 e. The molecule has 0 aliphatic carbocycles. The van der Waals surface area contributed by atoms with Gasteiger partial charge in [0.2, 0.25) is 0 Å². The normalized spacial score (nSPS) is 21.9. The molecule has 2 rings (SSSR count). The van der Waals surface area contributed by atoms with E-state index in [1.54, 1.807) is 0 Å². The number of anilines is 1. The summed E-state index contributed by atoms with van der Waals surface area (Å²) in [5, 5.41) is 0.874. The van der Waals surface area contributed by atoms with Crippen molar-refractivity contribution in [1.82, 2.24) is 9.88 Å². The fourth-order valence-electron chi connectivity index (χ4n) is 2.45. The average molecular weight is 298 g/mol. The average Bonchev–Trinajstić information content (AvgIpc) is 2.30. The minimum atomic E-state index is 0.537. The molecular formula is C13H20BrN3. The first-order valence-electron chi connectivity index (χ1n) is 6.08. The van der Waals surface area contributed by atoms with Gasteiger partial charge < -0.3 is 9.80 Å². The van der Waals surface area contributed by atoms with E-state index in [0.717, 1.165) is 30.8 Å². The molecule has 1 fully saturated rings. The quantitative estimate of drug-likeness (QED) is 0.782. The molecule has 1 saturated heterocycles. The van der Waals surface area contributed by atoms with Crippen molar-refractivity contribution in [3.05, 3.63) is 23.4 Å². The molecule has 0 bridgehead atoms. The van der Waals surface area contributed by atoms with E-state index in [9.17, 15) is 0 Å². The smallest absolute Gasteiger partial charge is 0.131 e. The van der Waals surface area contributed by atoms with Crippen molar-refractivity contribution >= 4 is 21.7 Å². The zero-order valence-electron chi connectivity index (χ0n) is 10.8. The third-order valence-electron chi connectivity index (χ3n) is 3.36. The van der Waals surface area contributed by atoms with Gasteiger partial charge in [-0.3, -0.25) is 0 Å². The van der Waals surface area contributed by atoms with Crippen LogP contribution in [0, 0.1) is 6.92 Å². The van der Waals surface area contributed by atoms with Crippen LogP contribution in [-0.4, -0.2) is 42.6 Å². The minimum absolute atomic E-state index is 0.537. The predicted octanol–water partition coefficient (Wildman–Crippen LogP) is 2.43. The molecule has 17 heavy (non-hydrogen) atoms. The molecule has 0 radical (unpaired) electrons. The van der Waals surface area contributed by atoms with Crippen molar-refractivity contribution in [1.29, 1.82) is 0 Å². The van der Waals surface area contributed by atoms with Gasteiger partial charge in [-0.2, -0.15) is 0 Å². The van der Waals surface area contributed by atoms with Crippen molar-refractivity contribution in [3.8, 4) is 0 Å². The van der Waals surface area contributed by atoms with Crippen molar-refractivity contribution in [2.24, 2.45) is 0 Å². The number of nitrogens with zero attached hydrogens (tertiary/aromatic N) is 3. The molecule has 1 aliphatic heterocycles. The number of aryl methyl sites for hydroxylation is 1. The van der Waals surface area contributed by atoms with Gasteiger partial charge in [-0.05, 0) is 32.0 Å². The first kappa shape index (κ1) is 12.8. The Morgan fingerprint density at radius 3 is 2.82 bits per heavy atom. The molecule has 4 heteroatoms. The van der Waals surface area contributed by atoms with Crippen LogP contribution in [0.1, 0.15) is 18.1 Å². The second-order valence-corrected chi connectivity index (χ2v) is 5.48. The second kappa shape index (κ2) is 5.36. The van der Waals surface area contributed by atoms with Gasteiger partial charge >= 0.3 is 0 Å². The summed E-state index contributed by atoms with van der Waals surface area (Å²) in [4.78, 5) is 9.43. The van der Waals surface area contributed by atoms with E-state index >= 15 is 0 Å². The number of pyridine rings is 1. The number of piperazine rings is 1. The molecule has 3 nitrogen and oxygen atoms in total. The summed E-state index contributed by atoms with van der Waals surface area (Å²) in [7, 11) is 2.18. The van der Waals surface area contributed by atoms with Gasteiger partial charge in [0.05, 0.1) is 0 Å². The molecule has 94 valence electrons. The number of hydrogen-bond donors (Lipinski definition) is 0. The molecule has 1 aromatic rings. The standard InChI is InChI=1S/C13H20BrN3/c1-10-6-12(7-14)8-15-13(10)17-5-4-16(3)9-11(17)2/h6,8,11H,4-5,7,9H2,1-3H3. The van der Waals surface area contributed by atoms with Crippen LogP contribution in [0.2, 0.25) is 0 Å². The van der Waals surface area contributed by atoms with E-state index in [2.05, 4.69) is 57.7 Å². The van der Waals surface area contributed by atoms with Crippen molar-refractivity contribution < 1.29 is 0 Å². The maximum absolute atomic E-state index is 4.63. The molecule has 0 N–H and O–H groups in total. The van der Waals surface area contributed by atoms with Crippen LogP contribution < -0.4 is 4.90 Å². The van der Waals surface area contributed by atoms with Gasteiger partial charge in [-0.15, -0.1) is 0 Å². The third-order valence-corrected chi connectivity index (χ3v) is 4.01. The van der Waals surface area contributed by atoms with E-state index in [1.165, 1.54) is 11.1 Å². The summed E-state index contributed by atoms with van der Waals surface area (Å²) in [5.74, 6) is 1.15. The van der Waals surface area contributed by atoms with Gasteiger partial charge in [0.25, 0.3) is 0 Å². The van der Waals surface area contributed by atoms with Crippen LogP contribution in [0.5, 0.6) is 0 Å². The first-order chi connectivity index (χ1) is 8.11. The molecule has 1 aromatic heterocycles. The number of rotatable bonds is 2. The van der Waals surface area contributed by atoms with Crippen molar-refractivity contribution in [3.63, 3.8) is 0 Å². The summed E-state index contributed by atoms with van der Waals surface area (Å²) in [6.07, 6.45) is 1.97. The van der Waals surface area contributed by atoms with Crippen molar-refractivity contribution in [2.75, 3.05) is 31.6 Å². The van der Waals surface area contributed by atoms with E-state index < -0.39 is 0 Å². The van der Waals surface area contributed by atoms with Gasteiger partial charge in [0, 0.05) is 37.2 Å². The lowest BCUT2D eigenvalue weighted by molar-refractivity contribution is 0.274. The lowest BCUT2D eigenvalue weighted by atomic mass is 10.1. The number of halogens is 1. The Balaban J connectivity index is 2.22. The molecule has 2 heterocycles. The summed E-state index contributed by atoms with van der Waals surface area (Å²) < 4.78 is 0. The monoisotopic (exact) mass is 297 g/mol. The molecule has 1 aliphatic rings. The van der Waals surface area contributed by atoms with Crippen LogP contribution in [0.15, 0.2) is 12.3 Å². The van der Waals surface area contributed by atoms with E-state index in [0.29, 0.717) is 6.04 Å². The first-order valence-corrected chi connectivity index (χ1v) is 7.20. The summed E-state index contributed by atoms with van der Waals surface area (Å²) in [5.41, 5.74) is 2.52. The Hall–Kier alpha value is -0.610. The maximum atomic E-state index is 4.63. The molecule has 0 aromatic carbocycles. The predicted molar refractivity (Wildman–Crippen MR) is 75.9 cm³/mol. The van der Waals surface area contributed by atoms with Crippen LogP contribution in [0.3, 0.4) is 0 Å². The highest BCUT2D eigenvalue weighted by molar-refractivity contribution is 9.08. The maximum Gasteiger partial charge on any atom is 0.131 e. The molecule has 1 unspecified atom stereocenters. The number of likely N-dealkylation sites (N-methyl/N-ethyl adjacent to an activating group) is 1. The van der Waals surface area contributed by atoms with Gasteiger partial charge in [0.1, 0.15) is 5.82 Å². The molecule has 0 amide bonds. The van der Waals surface area contributed by atoms with Gasteiger partial charge in [-0.25, -0.2) is 4.98 Å². The summed E-state index contributed by atoms with van der Waals surface area (Å²) >= 11 is 3.47. The highest BCUT2D eigenvalue weighted by Gasteiger charge is 2.23. The third kappa shape index (κ3) is 2.80. The van der Waals surface area contributed by atoms with Crippen LogP contribution >= 0.6 is 15.9 Å². The van der Waals surface area contributed by atoms with Crippen molar-refractivity contribution in [2.45, 2.75) is 25.2 Å². The Bertz CT molecular complexity index is 394.